The molecule has 0 radical (unpaired) electrons. The minimum Gasteiger partial charge on any atom is -0.389 e. The lowest BCUT2D eigenvalue weighted by atomic mass is 9.89. The molecule has 0 aliphatic heterocycles. The lowest BCUT2D eigenvalue weighted by molar-refractivity contribution is 0.221. The van der Waals surface area contributed by atoms with Crippen molar-refractivity contribution in [2.45, 2.75) is 39.7 Å². The van der Waals surface area contributed by atoms with E-state index in [1.54, 1.807) is 0 Å². The molecule has 1 aliphatic carbocycles. The fraction of sp³-hybridized carbons (Fsp3) is 0.778. The first-order chi connectivity index (χ1) is 4.51. The molecule has 0 aromatic rings. The van der Waals surface area contributed by atoms with Crippen molar-refractivity contribution in [1.29, 1.82) is 0 Å². The highest BCUT2D eigenvalue weighted by Crippen LogP contribution is 2.37. The summed E-state index contributed by atoms with van der Waals surface area (Å²) in [5.41, 5.74) is 1.61. The van der Waals surface area contributed by atoms with Crippen LogP contribution in [0.15, 0.2) is 11.6 Å². The van der Waals surface area contributed by atoms with Crippen LogP contribution in [0.2, 0.25) is 0 Å². The van der Waals surface area contributed by atoms with E-state index < -0.39 is 0 Å². The summed E-state index contributed by atoms with van der Waals surface area (Å²) in [6, 6.07) is 0. The predicted molar refractivity (Wildman–Crippen MR) is 42.8 cm³/mol. The van der Waals surface area contributed by atoms with E-state index in [0.717, 1.165) is 12.8 Å². The largest absolute Gasteiger partial charge is 0.389 e. The van der Waals surface area contributed by atoms with Crippen molar-refractivity contribution in [3.8, 4) is 0 Å². The van der Waals surface area contributed by atoms with E-state index in [9.17, 15) is 5.11 Å². The smallest absolute Gasteiger partial charge is 0.0722 e. The molecule has 1 heteroatoms. The lowest BCUT2D eigenvalue weighted by Gasteiger charge is -2.17. The van der Waals surface area contributed by atoms with Crippen LogP contribution in [0, 0.1) is 5.41 Å². The Morgan fingerprint density at radius 3 is 2.40 bits per heavy atom. The summed E-state index contributed by atoms with van der Waals surface area (Å²) in [5, 5.41) is 9.22. The van der Waals surface area contributed by atoms with E-state index in [1.807, 2.05) is 6.92 Å². The fourth-order valence-corrected chi connectivity index (χ4v) is 1.42. The van der Waals surface area contributed by atoms with Crippen molar-refractivity contribution >= 4 is 0 Å². The zero-order valence-electron chi connectivity index (χ0n) is 7.02. The van der Waals surface area contributed by atoms with Gasteiger partial charge < -0.3 is 5.11 Å². The Morgan fingerprint density at radius 1 is 1.60 bits per heavy atom. The number of aliphatic hydroxyl groups is 1. The van der Waals surface area contributed by atoms with Gasteiger partial charge in [0.05, 0.1) is 6.10 Å². The van der Waals surface area contributed by atoms with Crippen LogP contribution in [0.5, 0.6) is 0 Å². The van der Waals surface area contributed by atoms with Gasteiger partial charge in [-0.3, -0.25) is 0 Å². The molecule has 0 fully saturated rings. The molecule has 0 bridgehead atoms. The molecule has 0 amide bonds. The van der Waals surface area contributed by atoms with Gasteiger partial charge in [-0.2, -0.15) is 0 Å². The molecular weight excluding hydrogens is 124 g/mol. The van der Waals surface area contributed by atoms with Crippen molar-refractivity contribution in [1.82, 2.24) is 0 Å². The first-order valence-electron chi connectivity index (χ1n) is 3.88. The Hall–Kier alpha value is -0.300. The Balaban J connectivity index is 2.55. The first-order valence-corrected chi connectivity index (χ1v) is 3.88. The molecule has 1 N–H and O–H groups in total. The Kier molecular flexibility index (Phi) is 1.86. The van der Waals surface area contributed by atoms with Crippen LogP contribution < -0.4 is 0 Å². The average molecular weight is 140 g/mol. The average Bonchev–Trinajstić information content (AvgIpc) is 2.10. The molecule has 1 rings (SSSR count). The maximum atomic E-state index is 9.22. The zero-order valence-corrected chi connectivity index (χ0v) is 7.02. The SMILES string of the molecule is C[C@H](O)C1=CCC(C)(C)C1. The number of hydrogen-bond donors (Lipinski definition) is 1. The van der Waals surface area contributed by atoms with Crippen molar-refractivity contribution in [2.24, 2.45) is 5.41 Å². The number of aliphatic hydroxyl groups excluding tert-OH is 1. The molecule has 0 unspecified atom stereocenters. The predicted octanol–water partition coefficient (Wildman–Crippen LogP) is 2.11. The van der Waals surface area contributed by atoms with Gasteiger partial charge in [-0.25, -0.2) is 0 Å². The summed E-state index contributed by atoms with van der Waals surface area (Å²) < 4.78 is 0. The summed E-state index contributed by atoms with van der Waals surface area (Å²) in [6.07, 6.45) is 4.12. The maximum Gasteiger partial charge on any atom is 0.0722 e. The van der Waals surface area contributed by atoms with E-state index in [2.05, 4.69) is 19.9 Å². The summed E-state index contributed by atoms with van der Waals surface area (Å²) in [7, 11) is 0. The molecule has 58 valence electrons. The molecule has 1 nitrogen and oxygen atoms in total. The Morgan fingerprint density at radius 2 is 2.20 bits per heavy atom. The standard InChI is InChI=1S/C9H16O/c1-7(10)8-4-5-9(2,3)6-8/h4,7,10H,5-6H2,1-3H3/t7-/m0/s1. The van der Waals surface area contributed by atoms with Gasteiger partial charge in [0.15, 0.2) is 0 Å². The van der Waals surface area contributed by atoms with Gasteiger partial charge in [0.25, 0.3) is 0 Å². The lowest BCUT2D eigenvalue weighted by Crippen LogP contribution is -2.09. The topological polar surface area (TPSA) is 20.2 Å². The normalized spacial score (nSPS) is 26.2. The number of hydrogen-bond acceptors (Lipinski definition) is 1. The molecule has 0 aromatic heterocycles. The van der Waals surface area contributed by atoms with Gasteiger partial charge in [0, 0.05) is 0 Å². The second-order valence-electron chi connectivity index (χ2n) is 4.00. The summed E-state index contributed by atoms with van der Waals surface area (Å²) in [6.45, 7) is 6.31. The molecule has 10 heavy (non-hydrogen) atoms. The van der Waals surface area contributed by atoms with E-state index in [4.69, 9.17) is 0 Å². The summed E-state index contributed by atoms with van der Waals surface area (Å²) in [4.78, 5) is 0. The van der Waals surface area contributed by atoms with Gasteiger partial charge in [-0.1, -0.05) is 19.9 Å². The van der Waals surface area contributed by atoms with Crippen LogP contribution in [0.4, 0.5) is 0 Å². The fourth-order valence-electron chi connectivity index (χ4n) is 1.42. The van der Waals surface area contributed by atoms with E-state index >= 15 is 0 Å². The molecule has 0 saturated heterocycles. The van der Waals surface area contributed by atoms with Crippen LogP contribution in [-0.4, -0.2) is 11.2 Å². The molecule has 1 aliphatic rings. The molecule has 0 heterocycles. The van der Waals surface area contributed by atoms with Gasteiger partial charge >= 0.3 is 0 Å². The quantitative estimate of drug-likeness (QED) is 0.553. The number of rotatable bonds is 1. The minimum absolute atomic E-state index is 0.234. The van der Waals surface area contributed by atoms with Gasteiger partial charge in [0.2, 0.25) is 0 Å². The van der Waals surface area contributed by atoms with Crippen LogP contribution in [0.3, 0.4) is 0 Å². The minimum atomic E-state index is -0.234. The van der Waals surface area contributed by atoms with Crippen molar-refractivity contribution in [3.05, 3.63) is 11.6 Å². The van der Waals surface area contributed by atoms with E-state index in [1.165, 1.54) is 5.57 Å². The summed E-state index contributed by atoms with van der Waals surface area (Å²) in [5.74, 6) is 0. The van der Waals surface area contributed by atoms with Crippen LogP contribution in [-0.2, 0) is 0 Å². The monoisotopic (exact) mass is 140 g/mol. The van der Waals surface area contributed by atoms with Crippen LogP contribution in [0.25, 0.3) is 0 Å². The van der Waals surface area contributed by atoms with Crippen LogP contribution in [0.1, 0.15) is 33.6 Å². The highest BCUT2D eigenvalue weighted by Gasteiger charge is 2.25. The third-order valence-corrected chi connectivity index (χ3v) is 2.14. The maximum absolute atomic E-state index is 9.22. The molecule has 0 saturated carbocycles. The third-order valence-electron chi connectivity index (χ3n) is 2.14. The highest BCUT2D eigenvalue weighted by molar-refractivity contribution is 5.16. The van der Waals surface area contributed by atoms with Crippen molar-refractivity contribution < 1.29 is 5.11 Å². The Bertz CT molecular complexity index is 154. The zero-order chi connectivity index (χ0) is 7.78. The second kappa shape index (κ2) is 2.39. The third kappa shape index (κ3) is 1.60. The van der Waals surface area contributed by atoms with Crippen molar-refractivity contribution in [3.63, 3.8) is 0 Å². The number of allylic oxidation sites excluding steroid dienone is 1. The Labute approximate surface area is 62.8 Å². The second-order valence-corrected chi connectivity index (χ2v) is 4.00. The van der Waals surface area contributed by atoms with Gasteiger partial charge in [-0.05, 0) is 30.8 Å². The first kappa shape index (κ1) is 7.80. The molecule has 0 aromatic carbocycles. The summed E-state index contributed by atoms with van der Waals surface area (Å²) >= 11 is 0. The highest BCUT2D eigenvalue weighted by atomic mass is 16.3. The van der Waals surface area contributed by atoms with E-state index in [0.29, 0.717) is 5.41 Å². The van der Waals surface area contributed by atoms with Gasteiger partial charge in [0.1, 0.15) is 0 Å². The molecular formula is C9H16O. The molecule has 1 atom stereocenters. The van der Waals surface area contributed by atoms with Gasteiger partial charge in [-0.15, -0.1) is 0 Å². The van der Waals surface area contributed by atoms with E-state index in [-0.39, 0.29) is 6.10 Å². The van der Waals surface area contributed by atoms with Crippen molar-refractivity contribution in [2.75, 3.05) is 0 Å². The van der Waals surface area contributed by atoms with Crippen LogP contribution >= 0.6 is 0 Å². The molecule has 0 spiro atoms.